The molecular weight excluding hydrogens is 264 g/mol. The van der Waals surface area contributed by atoms with Crippen LogP contribution in [0.3, 0.4) is 0 Å². The number of ether oxygens (including phenoxy) is 1. The average Bonchev–Trinajstić information content (AvgIpc) is 2.87. The van der Waals surface area contributed by atoms with Gasteiger partial charge in [-0.05, 0) is 43.7 Å². The smallest absolute Gasteiger partial charge is 0.355 e. The Kier molecular flexibility index (Phi) is 3.44. The second-order valence-corrected chi connectivity index (χ2v) is 4.84. The summed E-state index contributed by atoms with van der Waals surface area (Å²) < 4.78 is 7.01. The van der Waals surface area contributed by atoms with Gasteiger partial charge in [-0.3, -0.25) is 4.57 Å². The van der Waals surface area contributed by atoms with Gasteiger partial charge in [-0.25, -0.2) is 9.78 Å². The summed E-state index contributed by atoms with van der Waals surface area (Å²) in [4.78, 5) is 16.6. The summed E-state index contributed by atoms with van der Waals surface area (Å²) in [5.41, 5.74) is 2.53. The summed E-state index contributed by atoms with van der Waals surface area (Å²) in [6, 6.07) is 13.6. The fourth-order valence-electron chi connectivity index (χ4n) is 2.40. The Bertz CT molecular complexity index is 805. The molecule has 0 saturated carbocycles. The van der Waals surface area contributed by atoms with E-state index >= 15 is 0 Å². The summed E-state index contributed by atoms with van der Waals surface area (Å²) in [5.74, 6) is 0.385. The molecular formula is C17H16N2O2. The minimum atomic E-state index is -0.336. The molecule has 0 saturated heterocycles. The Morgan fingerprint density at radius 3 is 2.81 bits per heavy atom. The predicted octanol–water partition coefficient (Wildman–Crippen LogP) is 3.51. The van der Waals surface area contributed by atoms with Gasteiger partial charge < -0.3 is 4.74 Å². The second kappa shape index (κ2) is 5.40. The number of benzene rings is 1. The number of rotatable bonds is 3. The molecule has 0 aliphatic heterocycles. The highest BCUT2D eigenvalue weighted by atomic mass is 16.5. The summed E-state index contributed by atoms with van der Waals surface area (Å²) in [7, 11) is 0. The van der Waals surface area contributed by atoms with Crippen molar-refractivity contribution in [2.45, 2.75) is 13.8 Å². The van der Waals surface area contributed by atoms with Crippen molar-refractivity contribution in [3.63, 3.8) is 0 Å². The third kappa shape index (κ3) is 2.40. The number of esters is 1. The predicted molar refractivity (Wildman–Crippen MR) is 81.8 cm³/mol. The number of aromatic nitrogens is 2. The highest BCUT2D eigenvalue weighted by Crippen LogP contribution is 2.24. The van der Waals surface area contributed by atoms with Gasteiger partial charge in [-0.1, -0.05) is 18.2 Å². The van der Waals surface area contributed by atoms with Gasteiger partial charge >= 0.3 is 5.97 Å². The summed E-state index contributed by atoms with van der Waals surface area (Å²) in [5, 5.41) is 0.990. The third-order valence-electron chi connectivity index (χ3n) is 3.33. The number of aryl methyl sites for hydroxylation is 1. The first-order valence-corrected chi connectivity index (χ1v) is 6.91. The Balaban J connectivity index is 2.27. The van der Waals surface area contributed by atoms with E-state index < -0.39 is 0 Å². The Morgan fingerprint density at radius 1 is 1.24 bits per heavy atom. The molecule has 0 aliphatic rings. The van der Waals surface area contributed by atoms with Gasteiger partial charge in [0.05, 0.1) is 12.1 Å². The zero-order valence-electron chi connectivity index (χ0n) is 12.0. The molecule has 4 heteroatoms. The van der Waals surface area contributed by atoms with E-state index in [0.29, 0.717) is 12.3 Å². The van der Waals surface area contributed by atoms with Crippen molar-refractivity contribution in [3.05, 3.63) is 59.9 Å². The Hall–Kier alpha value is -2.62. The number of para-hydroxylation sites is 1. The molecule has 0 radical (unpaired) electrons. The lowest BCUT2D eigenvalue weighted by Gasteiger charge is -2.09. The van der Waals surface area contributed by atoms with E-state index in [9.17, 15) is 4.79 Å². The minimum absolute atomic E-state index is 0.336. The lowest BCUT2D eigenvalue weighted by atomic mass is 10.2. The van der Waals surface area contributed by atoms with Crippen molar-refractivity contribution in [1.82, 2.24) is 9.55 Å². The van der Waals surface area contributed by atoms with Crippen molar-refractivity contribution < 1.29 is 9.53 Å². The topological polar surface area (TPSA) is 44.1 Å². The van der Waals surface area contributed by atoms with E-state index in [1.54, 1.807) is 13.1 Å². The van der Waals surface area contributed by atoms with Gasteiger partial charge in [-0.15, -0.1) is 0 Å². The van der Waals surface area contributed by atoms with Crippen LogP contribution < -0.4 is 0 Å². The largest absolute Gasteiger partial charge is 0.461 e. The number of hydrogen-bond acceptors (Lipinski definition) is 3. The van der Waals surface area contributed by atoms with Crippen molar-refractivity contribution in [2.75, 3.05) is 6.61 Å². The first-order valence-electron chi connectivity index (χ1n) is 6.91. The lowest BCUT2D eigenvalue weighted by molar-refractivity contribution is 0.0517. The van der Waals surface area contributed by atoms with E-state index in [4.69, 9.17) is 4.74 Å². The van der Waals surface area contributed by atoms with Crippen LogP contribution in [0.25, 0.3) is 16.7 Å². The average molecular weight is 280 g/mol. The minimum Gasteiger partial charge on any atom is -0.461 e. The molecule has 0 spiro atoms. The fourth-order valence-corrected chi connectivity index (χ4v) is 2.40. The van der Waals surface area contributed by atoms with Crippen LogP contribution in [0.1, 0.15) is 23.0 Å². The molecule has 0 bridgehead atoms. The molecule has 1 aromatic carbocycles. The first-order chi connectivity index (χ1) is 10.2. The van der Waals surface area contributed by atoms with E-state index in [2.05, 4.69) is 4.98 Å². The van der Waals surface area contributed by atoms with Crippen molar-refractivity contribution in [2.24, 2.45) is 0 Å². The van der Waals surface area contributed by atoms with Gasteiger partial charge in [0.25, 0.3) is 0 Å². The molecule has 3 rings (SSSR count). The van der Waals surface area contributed by atoms with Gasteiger partial charge in [0.15, 0.2) is 0 Å². The maximum absolute atomic E-state index is 12.2. The van der Waals surface area contributed by atoms with Crippen LogP contribution in [-0.2, 0) is 4.74 Å². The zero-order chi connectivity index (χ0) is 14.8. The molecule has 106 valence electrons. The van der Waals surface area contributed by atoms with Gasteiger partial charge in [0.1, 0.15) is 11.5 Å². The van der Waals surface area contributed by atoms with E-state index in [0.717, 1.165) is 22.3 Å². The lowest BCUT2D eigenvalue weighted by Crippen LogP contribution is -2.11. The van der Waals surface area contributed by atoms with Crippen LogP contribution >= 0.6 is 0 Å². The zero-order valence-corrected chi connectivity index (χ0v) is 12.0. The van der Waals surface area contributed by atoms with Crippen LogP contribution in [-0.4, -0.2) is 22.1 Å². The monoisotopic (exact) mass is 280 g/mol. The summed E-state index contributed by atoms with van der Waals surface area (Å²) in [6.45, 7) is 4.15. The molecule has 0 aliphatic carbocycles. The van der Waals surface area contributed by atoms with Crippen LogP contribution in [0.4, 0.5) is 0 Å². The maximum Gasteiger partial charge on any atom is 0.355 e. The third-order valence-corrected chi connectivity index (χ3v) is 3.33. The second-order valence-electron chi connectivity index (χ2n) is 4.84. The molecule has 4 nitrogen and oxygen atoms in total. The number of carbonyl (C=O) groups excluding carboxylic acids is 1. The van der Waals surface area contributed by atoms with E-state index in [-0.39, 0.29) is 5.97 Å². The molecule has 2 aromatic heterocycles. The standard InChI is InChI=1S/C17H16N2O2/c1-3-21-17(20)15-11-13-6-4-5-7-14(13)19(15)16-10-12(2)8-9-18-16/h4-11H,3H2,1-2H3. The summed E-state index contributed by atoms with van der Waals surface area (Å²) in [6.07, 6.45) is 1.74. The van der Waals surface area contributed by atoms with Crippen molar-refractivity contribution >= 4 is 16.9 Å². The summed E-state index contributed by atoms with van der Waals surface area (Å²) >= 11 is 0. The van der Waals surface area contributed by atoms with E-state index in [1.165, 1.54) is 0 Å². The normalized spacial score (nSPS) is 10.8. The van der Waals surface area contributed by atoms with Crippen LogP contribution in [0.15, 0.2) is 48.7 Å². The van der Waals surface area contributed by atoms with Crippen LogP contribution in [0, 0.1) is 6.92 Å². The number of pyridine rings is 1. The van der Waals surface area contributed by atoms with Gasteiger partial charge in [-0.2, -0.15) is 0 Å². The molecule has 0 atom stereocenters. The highest BCUT2D eigenvalue weighted by molar-refractivity contribution is 5.96. The highest BCUT2D eigenvalue weighted by Gasteiger charge is 2.18. The Labute approximate surface area is 123 Å². The van der Waals surface area contributed by atoms with Crippen molar-refractivity contribution in [3.8, 4) is 5.82 Å². The van der Waals surface area contributed by atoms with Crippen LogP contribution in [0.2, 0.25) is 0 Å². The SMILES string of the molecule is CCOC(=O)c1cc2ccccc2n1-c1cc(C)ccn1. The number of hydrogen-bond donors (Lipinski definition) is 0. The van der Waals surface area contributed by atoms with Gasteiger partial charge in [0, 0.05) is 11.6 Å². The van der Waals surface area contributed by atoms with Crippen LogP contribution in [0.5, 0.6) is 0 Å². The fraction of sp³-hybridized carbons (Fsp3) is 0.176. The van der Waals surface area contributed by atoms with Gasteiger partial charge in [0.2, 0.25) is 0 Å². The Morgan fingerprint density at radius 2 is 2.05 bits per heavy atom. The molecule has 21 heavy (non-hydrogen) atoms. The molecule has 3 aromatic rings. The number of fused-ring (bicyclic) bond motifs is 1. The maximum atomic E-state index is 12.2. The molecule has 0 N–H and O–H groups in total. The molecule has 0 amide bonds. The molecule has 0 fully saturated rings. The van der Waals surface area contributed by atoms with Crippen molar-refractivity contribution in [1.29, 1.82) is 0 Å². The number of carbonyl (C=O) groups is 1. The quantitative estimate of drug-likeness (QED) is 0.690. The number of nitrogens with zero attached hydrogens (tertiary/aromatic N) is 2. The first kappa shape index (κ1) is 13.4. The molecule has 2 heterocycles. The van der Waals surface area contributed by atoms with E-state index in [1.807, 2.05) is 54.0 Å². The molecule has 0 unspecified atom stereocenters.